The van der Waals surface area contributed by atoms with Crippen molar-refractivity contribution < 1.29 is 17.7 Å². The van der Waals surface area contributed by atoms with E-state index in [0.717, 1.165) is 10.9 Å². The summed E-state index contributed by atoms with van der Waals surface area (Å²) in [5.41, 5.74) is -1.10. The Morgan fingerprint density at radius 2 is 2.17 bits per heavy atom. The number of nitrogens with zero attached hydrogens (tertiary/aromatic N) is 2. The molecule has 1 heterocycles. The number of halogens is 3. The fourth-order valence-corrected chi connectivity index (χ4v) is 1.22. The molecule has 0 fully saturated rings. The Labute approximate surface area is 67.4 Å². The molecule has 0 bridgehead atoms. The van der Waals surface area contributed by atoms with E-state index in [1.807, 2.05) is 0 Å². The molecule has 0 N–H and O–H groups in total. The Morgan fingerprint density at radius 1 is 1.58 bits per heavy atom. The van der Waals surface area contributed by atoms with Crippen molar-refractivity contribution in [2.75, 3.05) is 0 Å². The molecule has 3 nitrogen and oxygen atoms in total. The highest BCUT2D eigenvalue weighted by Crippen LogP contribution is 2.27. The van der Waals surface area contributed by atoms with Crippen molar-refractivity contribution in [3.8, 4) is 0 Å². The van der Waals surface area contributed by atoms with Crippen LogP contribution >= 0.6 is 8.46 Å². The zero-order chi connectivity index (χ0) is 9.35. The average Bonchev–Trinajstić information content (AvgIpc) is 2.29. The molecule has 7 heteroatoms. The Hall–Kier alpha value is -0.900. The maximum atomic E-state index is 12.0. The van der Waals surface area contributed by atoms with Gasteiger partial charge in [0.25, 0.3) is 0 Å². The topological polar surface area (TPSA) is 34.9 Å². The normalized spacial score (nSPS) is 12.3. The Balaban J connectivity index is 3.22. The van der Waals surface area contributed by atoms with Gasteiger partial charge in [-0.25, -0.2) is 0 Å². The summed E-state index contributed by atoms with van der Waals surface area (Å²) in [6, 6.07) is 0. The molecule has 0 unspecified atom stereocenters. The lowest BCUT2D eigenvalue weighted by Crippen LogP contribution is -2.13. The van der Waals surface area contributed by atoms with E-state index in [1.165, 1.54) is 7.05 Å². The molecule has 0 saturated heterocycles. The van der Waals surface area contributed by atoms with Crippen LogP contribution in [-0.2, 0) is 17.8 Å². The molecule has 0 aliphatic rings. The van der Waals surface area contributed by atoms with Gasteiger partial charge in [-0.1, -0.05) is 0 Å². The second kappa shape index (κ2) is 2.86. The van der Waals surface area contributed by atoms with E-state index in [9.17, 15) is 17.7 Å². The van der Waals surface area contributed by atoms with Crippen molar-refractivity contribution in [3.05, 3.63) is 11.9 Å². The summed E-state index contributed by atoms with van der Waals surface area (Å²) in [6.45, 7) is 0. The largest absolute Gasteiger partial charge is 0.436 e. The Morgan fingerprint density at radius 3 is 2.50 bits per heavy atom. The average molecular weight is 196 g/mol. The standard InChI is InChI=1S/C5H4F3N2OP/c1-10-2-3(12-11)4(9-10)5(6,7)8/h2H,1H3. The molecule has 0 radical (unpaired) electrons. The number of alkyl halides is 3. The van der Waals surface area contributed by atoms with Crippen molar-refractivity contribution in [3.63, 3.8) is 0 Å². The number of aryl methyl sites for hydroxylation is 1. The zero-order valence-corrected chi connectivity index (χ0v) is 6.86. The predicted octanol–water partition coefficient (Wildman–Crippen LogP) is 1.36. The first-order valence-corrected chi connectivity index (χ1v) is 3.70. The van der Waals surface area contributed by atoms with Gasteiger partial charge in [0, 0.05) is 13.2 Å². The van der Waals surface area contributed by atoms with Gasteiger partial charge in [-0.15, -0.1) is 0 Å². The van der Waals surface area contributed by atoms with E-state index in [-0.39, 0.29) is 5.30 Å². The molecule has 0 atom stereocenters. The smallest absolute Gasteiger partial charge is 0.274 e. The van der Waals surface area contributed by atoms with Gasteiger partial charge in [0.1, 0.15) is 0 Å². The first-order chi connectivity index (χ1) is 5.45. The first kappa shape index (κ1) is 9.19. The van der Waals surface area contributed by atoms with Crippen LogP contribution in [0.1, 0.15) is 5.69 Å². The van der Waals surface area contributed by atoms with E-state index in [4.69, 9.17) is 0 Å². The fraction of sp³-hybridized carbons (Fsp3) is 0.400. The van der Waals surface area contributed by atoms with Crippen LogP contribution in [0.4, 0.5) is 13.2 Å². The van der Waals surface area contributed by atoms with Crippen molar-refractivity contribution in [2.24, 2.45) is 7.05 Å². The number of rotatable bonds is 1. The molecule has 0 aromatic carbocycles. The molecular formula is C5H4F3N2OP. The van der Waals surface area contributed by atoms with Crippen molar-refractivity contribution in [1.29, 1.82) is 0 Å². The molecule has 0 saturated carbocycles. The highest BCUT2D eigenvalue weighted by atomic mass is 31.1. The maximum Gasteiger partial charge on any atom is 0.436 e. The molecule has 0 amide bonds. The van der Waals surface area contributed by atoms with Gasteiger partial charge in [-0.2, -0.15) is 18.3 Å². The third-order valence-electron chi connectivity index (χ3n) is 1.18. The lowest BCUT2D eigenvalue weighted by molar-refractivity contribution is -0.140. The van der Waals surface area contributed by atoms with Crippen LogP contribution in [0, 0.1) is 0 Å². The summed E-state index contributed by atoms with van der Waals surface area (Å²) >= 11 is 0. The van der Waals surface area contributed by atoms with E-state index in [0.29, 0.717) is 0 Å². The highest BCUT2D eigenvalue weighted by molar-refractivity contribution is 7.34. The SMILES string of the molecule is Cn1cc(P=O)c(C(F)(F)F)n1. The summed E-state index contributed by atoms with van der Waals surface area (Å²) in [7, 11) is 0.667. The van der Waals surface area contributed by atoms with Gasteiger partial charge in [-0.3, -0.25) is 9.25 Å². The number of aromatic nitrogens is 2. The second-order valence-corrected chi connectivity index (χ2v) is 2.79. The summed E-state index contributed by atoms with van der Waals surface area (Å²) in [4.78, 5) is 0. The lowest BCUT2D eigenvalue weighted by atomic mass is 10.4. The number of hydrogen-bond acceptors (Lipinski definition) is 2. The van der Waals surface area contributed by atoms with Crippen LogP contribution in [0.15, 0.2) is 6.20 Å². The third-order valence-corrected chi connectivity index (χ3v) is 1.70. The van der Waals surface area contributed by atoms with Crippen LogP contribution in [0.2, 0.25) is 0 Å². The first-order valence-electron chi connectivity index (χ1n) is 2.89. The highest BCUT2D eigenvalue weighted by Gasteiger charge is 2.37. The lowest BCUT2D eigenvalue weighted by Gasteiger charge is -2.00. The zero-order valence-electron chi connectivity index (χ0n) is 5.96. The summed E-state index contributed by atoms with van der Waals surface area (Å²) in [5.74, 6) is 0. The molecule has 66 valence electrons. The summed E-state index contributed by atoms with van der Waals surface area (Å²) < 4.78 is 47.3. The van der Waals surface area contributed by atoms with Crippen molar-refractivity contribution in [2.45, 2.75) is 6.18 Å². The quantitative estimate of drug-likeness (QED) is 0.635. The third kappa shape index (κ3) is 1.64. The van der Waals surface area contributed by atoms with E-state index >= 15 is 0 Å². The maximum absolute atomic E-state index is 12.0. The van der Waals surface area contributed by atoms with Gasteiger partial charge in [0.05, 0.1) is 5.30 Å². The molecule has 12 heavy (non-hydrogen) atoms. The second-order valence-electron chi connectivity index (χ2n) is 2.13. The van der Waals surface area contributed by atoms with Crippen LogP contribution in [-0.4, -0.2) is 9.78 Å². The van der Waals surface area contributed by atoms with Gasteiger partial charge in [0.15, 0.2) is 14.2 Å². The minimum absolute atomic E-state index is 0.343. The molecule has 0 aliphatic carbocycles. The molecule has 1 aromatic heterocycles. The monoisotopic (exact) mass is 196 g/mol. The van der Waals surface area contributed by atoms with Crippen LogP contribution < -0.4 is 5.30 Å². The van der Waals surface area contributed by atoms with Gasteiger partial charge < -0.3 is 0 Å². The minimum atomic E-state index is -4.53. The van der Waals surface area contributed by atoms with E-state index in [2.05, 4.69) is 5.10 Å². The molecule has 0 aliphatic heterocycles. The van der Waals surface area contributed by atoms with Gasteiger partial charge in [-0.05, 0) is 0 Å². The Kier molecular flexibility index (Phi) is 2.19. The fourth-order valence-electron chi connectivity index (χ4n) is 0.745. The van der Waals surface area contributed by atoms with E-state index < -0.39 is 20.3 Å². The van der Waals surface area contributed by atoms with Gasteiger partial charge in [0.2, 0.25) is 0 Å². The van der Waals surface area contributed by atoms with Crippen LogP contribution in [0.3, 0.4) is 0 Å². The van der Waals surface area contributed by atoms with Crippen molar-refractivity contribution in [1.82, 2.24) is 9.78 Å². The van der Waals surface area contributed by atoms with E-state index in [1.54, 1.807) is 0 Å². The number of hydrogen-bond donors (Lipinski definition) is 0. The predicted molar refractivity (Wildman–Crippen MR) is 35.5 cm³/mol. The minimum Gasteiger partial charge on any atom is -0.274 e. The Bertz CT molecular complexity index is 306. The molecule has 0 spiro atoms. The van der Waals surface area contributed by atoms with Crippen LogP contribution in [0.5, 0.6) is 0 Å². The summed E-state index contributed by atoms with van der Waals surface area (Å²) in [5, 5.41) is 2.79. The van der Waals surface area contributed by atoms with Crippen LogP contribution in [0.25, 0.3) is 0 Å². The summed E-state index contributed by atoms with van der Waals surface area (Å²) in [6.07, 6.45) is -3.47. The van der Waals surface area contributed by atoms with Gasteiger partial charge >= 0.3 is 6.18 Å². The molecule has 1 aromatic rings. The van der Waals surface area contributed by atoms with Crippen molar-refractivity contribution >= 4 is 13.8 Å². The molecule has 1 rings (SSSR count). The molecular weight excluding hydrogens is 192 g/mol.